The van der Waals surface area contributed by atoms with Crippen molar-refractivity contribution < 1.29 is 0 Å². The predicted molar refractivity (Wildman–Crippen MR) is 89.6 cm³/mol. The monoisotopic (exact) mass is 281 g/mol. The Hall–Kier alpha value is -1.47. The van der Waals surface area contributed by atoms with E-state index >= 15 is 0 Å². The molecular formula is C19H21S+. The summed E-state index contributed by atoms with van der Waals surface area (Å²) in [5, 5.41) is 0. The molecule has 1 atom stereocenters. The Morgan fingerprint density at radius 3 is 2.45 bits per heavy atom. The molecular weight excluding hydrogens is 260 g/mol. The molecule has 1 heteroatoms. The zero-order valence-electron chi connectivity index (χ0n) is 12.0. The average Bonchev–Trinajstić information content (AvgIpc) is 2.52. The third kappa shape index (κ3) is 2.99. The second-order valence-corrected chi connectivity index (χ2v) is 7.43. The molecule has 2 aliphatic carbocycles. The molecule has 0 N–H and O–H groups in total. The van der Waals surface area contributed by atoms with E-state index in [0.29, 0.717) is 0 Å². The van der Waals surface area contributed by atoms with Gasteiger partial charge in [0, 0.05) is 6.42 Å². The van der Waals surface area contributed by atoms with Gasteiger partial charge in [-0.1, -0.05) is 35.9 Å². The largest absolute Gasteiger partial charge is 0.166 e. The molecule has 0 saturated carbocycles. The van der Waals surface area contributed by atoms with Gasteiger partial charge in [-0.25, -0.2) is 0 Å². The lowest BCUT2D eigenvalue weighted by atomic mass is 10.1. The summed E-state index contributed by atoms with van der Waals surface area (Å²) in [5.41, 5.74) is 1.50. The molecule has 0 spiro atoms. The van der Waals surface area contributed by atoms with E-state index in [1.165, 1.54) is 41.1 Å². The minimum atomic E-state index is 0.115. The molecule has 0 radical (unpaired) electrons. The number of benzene rings is 1. The van der Waals surface area contributed by atoms with Crippen LogP contribution in [0.2, 0.25) is 0 Å². The quantitative estimate of drug-likeness (QED) is 0.640. The molecule has 1 unspecified atom stereocenters. The Balaban J connectivity index is 2.00. The zero-order valence-corrected chi connectivity index (χ0v) is 12.8. The van der Waals surface area contributed by atoms with E-state index < -0.39 is 0 Å². The Bertz CT molecular complexity index is 587. The molecule has 0 bridgehead atoms. The topological polar surface area (TPSA) is 0 Å². The molecule has 0 nitrogen and oxygen atoms in total. The highest BCUT2D eigenvalue weighted by atomic mass is 32.2. The summed E-state index contributed by atoms with van der Waals surface area (Å²) < 4.78 is 0. The van der Waals surface area contributed by atoms with Crippen LogP contribution in [0, 0.1) is 0 Å². The molecule has 1 aromatic carbocycles. The summed E-state index contributed by atoms with van der Waals surface area (Å²) in [4.78, 5) is 4.53. The van der Waals surface area contributed by atoms with Crippen LogP contribution in [0.15, 0.2) is 81.0 Å². The lowest BCUT2D eigenvalue weighted by Gasteiger charge is -2.15. The Kier molecular flexibility index (Phi) is 4.27. The molecule has 0 aromatic heterocycles. The Morgan fingerprint density at radius 1 is 0.950 bits per heavy atom. The minimum Gasteiger partial charge on any atom is -0.0792 e. The highest BCUT2D eigenvalue weighted by Crippen LogP contribution is 2.36. The van der Waals surface area contributed by atoms with Crippen LogP contribution in [-0.4, -0.2) is 0 Å². The summed E-state index contributed by atoms with van der Waals surface area (Å²) in [6, 6.07) is 11.0. The number of hydrogen-bond donors (Lipinski definition) is 0. The fraction of sp³-hybridized carbons (Fsp3) is 0.263. The van der Waals surface area contributed by atoms with Gasteiger partial charge in [-0.15, -0.1) is 0 Å². The first kappa shape index (κ1) is 13.5. The summed E-state index contributed by atoms with van der Waals surface area (Å²) in [7, 11) is 0.115. The first-order chi connectivity index (χ1) is 9.84. The van der Waals surface area contributed by atoms with Gasteiger partial charge >= 0.3 is 0 Å². The van der Waals surface area contributed by atoms with E-state index in [0.717, 1.165) is 0 Å². The van der Waals surface area contributed by atoms with Gasteiger partial charge in [-0.2, -0.15) is 0 Å². The SMILES string of the molecule is CC1=CC=C([S+](C2=CCCC=C2)c2ccccc2)CC1. The minimum absolute atomic E-state index is 0.115. The van der Waals surface area contributed by atoms with Gasteiger partial charge in [0.1, 0.15) is 4.91 Å². The fourth-order valence-corrected chi connectivity index (χ4v) is 4.96. The lowest BCUT2D eigenvalue weighted by molar-refractivity contribution is 0.947. The lowest BCUT2D eigenvalue weighted by Crippen LogP contribution is -2.11. The zero-order chi connectivity index (χ0) is 13.8. The van der Waals surface area contributed by atoms with Crippen molar-refractivity contribution in [3.63, 3.8) is 0 Å². The molecule has 0 fully saturated rings. The summed E-state index contributed by atoms with van der Waals surface area (Å²) >= 11 is 0. The van der Waals surface area contributed by atoms with Crippen LogP contribution in [0.3, 0.4) is 0 Å². The van der Waals surface area contributed by atoms with Crippen LogP contribution < -0.4 is 0 Å². The third-order valence-corrected chi connectivity index (χ3v) is 6.14. The first-order valence-electron chi connectivity index (χ1n) is 7.37. The fourth-order valence-electron chi connectivity index (χ4n) is 2.63. The molecule has 0 aliphatic heterocycles. The van der Waals surface area contributed by atoms with E-state index in [2.05, 4.69) is 67.6 Å². The van der Waals surface area contributed by atoms with Gasteiger partial charge in [-0.3, -0.25) is 0 Å². The molecule has 0 heterocycles. The van der Waals surface area contributed by atoms with Crippen LogP contribution in [0.5, 0.6) is 0 Å². The van der Waals surface area contributed by atoms with Crippen molar-refractivity contribution in [2.45, 2.75) is 37.5 Å². The number of rotatable bonds is 3. The van der Waals surface area contributed by atoms with Crippen LogP contribution in [0.1, 0.15) is 32.6 Å². The number of allylic oxidation sites excluding steroid dienone is 7. The van der Waals surface area contributed by atoms with Crippen molar-refractivity contribution in [3.05, 3.63) is 76.1 Å². The molecule has 20 heavy (non-hydrogen) atoms. The van der Waals surface area contributed by atoms with E-state index in [-0.39, 0.29) is 10.9 Å². The highest BCUT2D eigenvalue weighted by molar-refractivity contribution is 8.04. The van der Waals surface area contributed by atoms with Gasteiger partial charge in [0.15, 0.2) is 9.80 Å². The summed E-state index contributed by atoms with van der Waals surface area (Å²) in [5.74, 6) is 0. The van der Waals surface area contributed by atoms with Gasteiger partial charge in [-0.05, 0) is 56.5 Å². The smallest absolute Gasteiger partial charge is 0.0792 e. The van der Waals surface area contributed by atoms with Gasteiger partial charge in [0.2, 0.25) is 0 Å². The highest BCUT2D eigenvalue weighted by Gasteiger charge is 2.32. The molecule has 102 valence electrons. The van der Waals surface area contributed by atoms with Crippen molar-refractivity contribution in [2.24, 2.45) is 0 Å². The van der Waals surface area contributed by atoms with E-state index in [4.69, 9.17) is 0 Å². The molecule has 0 amide bonds. The van der Waals surface area contributed by atoms with E-state index in [1.54, 1.807) is 4.91 Å². The van der Waals surface area contributed by atoms with Gasteiger partial charge in [0.25, 0.3) is 0 Å². The second kappa shape index (κ2) is 6.32. The maximum absolute atomic E-state index is 2.43. The van der Waals surface area contributed by atoms with Crippen LogP contribution >= 0.6 is 0 Å². The Morgan fingerprint density at radius 2 is 1.80 bits per heavy atom. The van der Waals surface area contributed by atoms with Crippen LogP contribution in [0.4, 0.5) is 0 Å². The van der Waals surface area contributed by atoms with Gasteiger partial charge in [0.05, 0.1) is 10.9 Å². The first-order valence-corrected chi connectivity index (χ1v) is 8.59. The van der Waals surface area contributed by atoms with Crippen LogP contribution in [0.25, 0.3) is 0 Å². The standard InChI is InChI=1S/C19H21S/c1-16-12-14-19(15-13-16)20(17-8-4-2-5-9-17)18-10-6-3-7-11-18/h2,4-6,8-12,14H,3,7,13,15H2,1H3/q+1. The average molecular weight is 281 g/mol. The Labute approximate surface area is 124 Å². The maximum Gasteiger partial charge on any atom is 0.166 e. The summed E-state index contributed by atoms with van der Waals surface area (Å²) in [6.07, 6.45) is 16.5. The molecule has 0 saturated heterocycles. The predicted octanol–water partition coefficient (Wildman–Crippen LogP) is 5.52. The van der Waals surface area contributed by atoms with Gasteiger partial charge < -0.3 is 0 Å². The van der Waals surface area contributed by atoms with Crippen molar-refractivity contribution in [2.75, 3.05) is 0 Å². The number of hydrogen-bond acceptors (Lipinski definition) is 0. The second-order valence-electron chi connectivity index (χ2n) is 5.35. The molecule has 1 aromatic rings. The van der Waals surface area contributed by atoms with Crippen molar-refractivity contribution in [3.8, 4) is 0 Å². The van der Waals surface area contributed by atoms with E-state index in [9.17, 15) is 0 Å². The third-order valence-electron chi connectivity index (χ3n) is 3.76. The maximum atomic E-state index is 2.43. The van der Waals surface area contributed by atoms with Crippen molar-refractivity contribution in [1.82, 2.24) is 0 Å². The van der Waals surface area contributed by atoms with Crippen LogP contribution in [-0.2, 0) is 10.9 Å². The van der Waals surface area contributed by atoms with E-state index in [1.807, 2.05) is 0 Å². The molecule has 2 aliphatic rings. The van der Waals surface area contributed by atoms with Crippen molar-refractivity contribution >= 4 is 10.9 Å². The normalized spacial score (nSPS) is 19.9. The molecule has 3 rings (SSSR count). The van der Waals surface area contributed by atoms with Crippen molar-refractivity contribution in [1.29, 1.82) is 0 Å². The summed E-state index contributed by atoms with van der Waals surface area (Å²) in [6.45, 7) is 2.23.